The Morgan fingerprint density at radius 2 is 1.53 bits per heavy atom. The number of Topliss-reactive ketones (excluding diaryl/α,β-unsaturated/α-hetero) is 1. The number of allylic oxidation sites excluding steroid dienone is 6. The lowest BCUT2D eigenvalue weighted by molar-refractivity contribution is -0.123. The van der Waals surface area contributed by atoms with Crippen LogP contribution in [0.15, 0.2) is 95.1 Å². The highest BCUT2D eigenvalue weighted by atomic mass is 16.5. The van der Waals surface area contributed by atoms with E-state index in [4.69, 9.17) is 14.2 Å². The molecular formula is C40H35NO8. The number of aromatic hydroxyl groups is 1. The second-order valence-corrected chi connectivity index (χ2v) is 12.7. The highest BCUT2D eigenvalue weighted by Gasteiger charge is 2.56. The number of anilines is 1. The molecule has 0 saturated carbocycles. The third-order valence-corrected chi connectivity index (χ3v) is 10.2. The maximum atomic E-state index is 14.3. The van der Waals surface area contributed by atoms with Crippen LogP contribution in [0.1, 0.15) is 42.4 Å². The summed E-state index contributed by atoms with van der Waals surface area (Å²) in [4.78, 5) is 56.5. The first-order chi connectivity index (χ1) is 23.6. The zero-order chi connectivity index (χ0) is 34.6. The van der Waals surface area contributed by atoms with Crippen molar-refractivity contribution in [3.63, 3.8) is 0 Å². The van der Waals surface area contributed by atoms with Crippen LogP contribution in [0, 0.1) is 17.8 Å². The fourth-order valence-electron chi connectivity index (χ4n) is 7.78. The van der Waals surface area contributed by atoms with Crippen LogP contribution in [-0.4, -0.2) is 49.8 Å². The number of carbonyl (C=O) groups excluding carboxylic acids is 4. The molecule has 0 unspecified atom stereocenters. The van der Waals surface area contributed by atoms with E-state index >= 15 is 0 Å². The molecule has 1 saturated heterocycles. The molecule has 3 aromatic rings. The van der Waals surface area contributed by atoms with Gasteiger partial charge in [-0.25, -0.2) is 0 Å². The quantitative estimate of drug-likeness (QED) is 0.138. The van der Waals surface area contributed by atoms with E-state index < -0.39 is 23.7 Å². The van der Waals surface area contributed by atoms with Crippen molar-refractivity contribution in [1.82, 2.24) is 0 Å². The Bertz CT molecular complexity index is 2050. The second-order valence-electron chi connectivity index (χ2n) is 12.7. The molecule has 0 aromatic heterocycles. The molecule has 4 atom stereocenters. The number of methoxy groups -OCH3 is 3. The van der Waals surface area contributed by atoms with E-state index in [0.29, 0.717) is 51.6 Å². The van der Waals surface area contributed by atoms with Gasteiger partial charge < -0.3 is 19.3 Å². The predicted molar refractivity (Wildman–Crippen MR) is 183 cm³/mol. The lowest BCUT2D eigenvalue weighted by Crippen LogP contribution is -2.39. The smallest absolute Gasteiger partial charge is 0.238 e. The van der Waals surface area contributed by atoms with Crippen molar-refractivity contribution in [2.75, 3.05) is 26.2 Å². The predicted octanol–water partition coefficient (Wildman–Crippen LogP) is 6.22. The molecule has 2 amide bonds. The summed E-state index contributed by atoms with van der Waals surface area (Å²) in [6.07, 6.45) is 7.55. The Morgan fingerprint density at radius 3 is 2.22 bits per heavy atom. The summed E-state index contributed by atoms with van der Waals surface area (Å²) >= 11 is 0. The van der Waals surface area contributed by atoms with Gasteiger partial charge in [0.15, 0.2) is 11.6 Å². The Morgan fingerprint density at radius 1 is 0.816 bits per heavy atom. The van der Waals surface area contributed by atoms with Gasteiger partial charge >= 0.3 is 0 Å². The molecule has 0 bridgehead atoms. The maximum absolute atomic E-state index is 14.3. The molecule has 0 radical (unpaired) electrons. The number of hydrogen-bond acceptors (Lipinski definition) is 8. The average Bonchev–Trinajstić information content (AvgIpc) is 3.37. The van der Waals surface area contributed by atoms with Gasteiger partial charge in [-0.1, -0.05) is 42.0 Å². The topological polar surface area (TPSA) is 119 Å². The van der Waals surface area contributed by atoms with Crippen LogP contribution in [0.5, 0.6) is 23.0 Å². The van der Waals surface area contributed by atoms with Crippen molar-refractivity contribution in [1.29, 1.82) is 0 Å². The molecular weight excluding hydrogens is 622 g/mol. The Kier molecular flexibility index (Phi) is 8.06. The van der Waals surface area contributed by atoms with Gasteiger partial charge in [0, 0.05) is 39.8 Å². The fraction of sp³-hybridized carbons (Fsp3) is 0.250. The van der Waals surface area contributed by atoms with E-state index in [1.165, 1.54) is 24.2 Å². The van der Waals surface area contributed by atoms with Crippen LogP contribution in [0.25, 0.3) is 12.2 Å². The van der Waals surface area contributed by atoms with E-state index in [9.17, 15) is 24.3 Å². The molecule has 1 aliphatic heterocycles. The number of hydrogen-bond donors (Lipinski definition) is 1. The van der Waals surface area contributed by atoms with Crippen LogP contribution in [0.2, 0.25) is 0 Å². The number of fused-ring (bicyclic) bond motifs is 3. The molecule has 49 heavy (non-hydrogen) atoms. The van der Waals surface area contributed by atoms with Crippen LogP contribution in [0.4, 0.5) is 5.69 Å². The minimum atomic E-state index is -0.743. The third-order valence-electron chi connectivity index (χ3n) is 10.2. The normalized spacial score (nSPS) is 23.2. The summed E-state index contributed by atoms with van der Waals surface area (Å²) in [6, 6.07) is 17.6. The molecule has 0 spiro atoms. The summed E-state index contributed by atoms with van der Waals surface area (Å²) in [5.41, 5.74) is 4.36. The second kappa shape index (κ2) is 12.4. The molecule has 4 aliphatic rings. The molecule has 3 aliphatic carbocycles. The van der Waals surface area contributed by atoms with Crippen LogP contribution < -0.4 is 19.1 Å². The summed E-state index contributed by atoms with van der Waals surface area (Å²) in [5, 5.41) is 11.1. The highest BCUT2D eigenvalue weighted by Crippen LogP contribution is 2.56. The van der Waals surface area contributed by atoms with Crippen molar-refractivity contribution in [2.45, 2.75) is 25.7 Å². The molecule has 3 aromatic carbocycles. The van der Waals surface area contributed by atoms with E-state index in [0.717, 1.165) is 16.7 Å². The molecule has 9 nitrogen and oxygen atoms in total. The van der Waals surface area contributed by atoms with E-state index in [1.54, 1.807) is 45.4 Å². The van der Waals surface area contributed by atoms with E-state index in [1.807, 2.05) is 48.6 Å². The number of ketones is 2. The molecule has 248 valence electrons. The number of nitrogens with zero attached hydrogens (tertiary/aromatic N) is 1. The van der Waals surface area contributed by atoms with Crippen LogP contribution in [-0.2, 0) is 19.2 Å². The van der Waals surface area contributed by atoms with Gasteiger partial charge in [0.1, 0.15) is 23.0 Å². The summed E-state index contributed by atoms with van der Waals surface area (Å²) in [7, 11) is 4.69. The monoisotopic (exact) mass is 657 g/mol. The average molecular weight is 658 g/mol. The Labute approximate surface area is 283 Å². The first-order valence-electron chi connectivity index (χ1n) is 16.1. The van der Waals surface area contributed by atoms with Crippen molar-refractivity contribution < 1.29 is 38.5 Å². The van der Waals surface area contributed by atoms with Gasteiger partial charge in [0.25, 0.3) is 0 Å². The van der Waals surface area contributed by atoms with Gasteiger partial charge in [-0.15, -0.1) is 0 Å². The summed E-state index contributed by atoms with van der Waals surface area (Å²) < 4.78 is 16.1. The fourth-order valence-corrected chi connectivity index (χ4v) is 7.78. The Balaban J connectivity index is 1.21. The van der Waals surface area contributed by atoms with E-state index in [2.05, 4.69) is 0 Å². The lowest BCUT2D eigenvalue weighted by atomic mass is 9.59. The standard InChI is InChI=1S/C40H35NO8/c1-21-17-33(43)37-31(38(21)44)20-30-27(35(37)28-13-11-26(48-3)19-32(28)42)14-15-29-36(30)40(46)41(39(29)45)24-9-6-22(7-10-24)5-8-23-18-25(47-2)12-16-34(23)49-4/h5-14,16-19,29-30,35-36,42H,15,20H2,1-4H3/t29-,30+,35+,36-/m0/s1. The molecule has 1 N–H and O–H groups in total. The van der Waals surface area contributed by atoms with Gasteiger partial charge in [-0.2, -0.15) is 0 Å². The molecule has 1 heterocycles. The largest absolute Gasteiger partial charge is 0.507 e. The third kappa shape index (κ3) is 5.26. The first kappa shape index (κ1) is 31.9. The minimum absolute atomic E-state index is 0.0826. The number of phenolic OH excluding ortho intramolecular Hbond substituents is 1. The Hall–Kier alpha value is -5.70. The highest BCUT2D eigenvalue weighted by molar-refractivity contribution is 6.25. The lowest BCUT2D eigenvalue weighted by Gasteiger charge is -2.42. The molecule has 7 rings (SSSR count). The van der Waals surface area contributed by atoms with Gasteiger partial charge in [0.2, 0.25) is 11.8 Å². The zero-order valence-corrected chi connectivity index (χ0v) is 27.6. The molecule has 1 fully saturated rings. The number of imide groups is 1. The van der Waals surface area contributed by atoms with Crippen molar-refractivity contribution in [3.05, 3.63) is 112 Å². The number of carbonyl (C=O) groups is 4. The first-order valence-corrected chi connectivity index (χ1v) is 16.1. The van der Waals surface area contributed by atoms with Gasteiger partial charge in [-0.3, -0.25) is 24.1 Å². The number of ether oxygens (including phenoxy) is 3. The van der Waals surface area contributed by atoms with Crippen LogP contribution >= 0.6 is 0 Å². The van der Waals surface area contributed by atoms with Gasteiger partial charge in [-0.05, 0) is 73.7 Å². The number of amides is 2. The van der Waals surface area contributed by atoms with Crippen molar-refractivity contribution in [3.8, 4) is 23.0 Å². The summed E-state index contributed by atoms with van der Waals surface area (Å²) in [6.45, 7) is 1.61. The maximum Gasteiger partial charge on any atom is 0.238 e. The van der Waals surface area contributed by atoms with Crippen molar-refractivity contribution >= 4 is 41.2 Å². The van der Waals surface area contributed by atoms with Gasteiger partial charge in [0.05, 0.1) is 38.9 Å². The van der Waals surface area contributed by atoms with E-state index in [-0.39, 0.29) is 35.6 Å². The number of benzene rings is 3. The molecule has 9 heteroatoms. The van der Waals surface area contributed by atoms with Crippen LogP contribution in [0.3, 0.4) is 0 Å². The minimum Gasteiger partial charge on any atom is -0.507 e. The number of rotatable bonds is 7. The zero-order valence-electron chi connectivity index (χ0n) is 27.6. The number of phenols is 1. The summed E-state index contributed by atoms with van der Waals surface area (Å²) in [5.74, 6) is -2.00. The SMILES string of the molecule is COc1ccc([C@H]2C3=CC[C@@H]4C(=O)N(c5ccc(C=Cc6cc(OC)ccc6OC)cc5)C(=O)[C@@H]4[C@@H]3CC3=C2C(=O)C=C(C)C3=O)c(O)c1. The van der Waals surface area contributed by atoms with Crippen molar-refractivity contribution in [2.24, 2.45) is 17.8 Å².